The van der Waals surface area contributed by atoms with Crippen molar-refractivity contribution in [1.29, 1.82) is 0 Å². The van der Waals surface area contributed by atoms with Crippen LogP contribution in [0, 0.1) is 5.92 Å². The van der Waals surface area contributed by atoms with Crippen LogP contribution in [-0.2, 0) is 29.8 Å². The first kappa shape index (κ1) is 28.9. The van der Waals surface area contributed by atoms with Crippen molar-refractivity contribution in [2.75, 3.05) is 37.7 Å². The third-order valence-electron chi connectivity index (χ3n) is 2.79. The molecule has 0 aliphatic carbocycles. The summed E-state index contributed by atoms with van der Waals surface area (Å²) in [6.45, 7) is 9.08. The van der Waals surface area contributed by atoms with Gasteiger partial charge in [-0.1, -0.05) is 20.8 Å². The van der Waals surface area contributed by atoms with Gasteiger partial charge in [-0.25, -0.2) is 0 Å². The summed E-state index contributed by atoms with van der Waals surface area (Å²) in [6.07, 6.45) is 0. The molecule has 2 amide bonds. The van der Waals surface area contributed by atoms with Gasteiger partial charge in [-0.15, -0.1) is 0 Å². The summed E-state index contributed by atoms with van der Waals surface area (Å²) in [5, 5.41) is 4.59. The van der Waals surface area contributed by atoms with Crippen LogP contribution in [-0.4, -0.2) is 86.4 Å². The van der Waals surface area contributed by atoms with Gasteiger partial charge in [0.25, 0.3) is 20.2 Å². The van der Waals surface area contributed by atoms with Crippen LogP contribution in [0.1, 0.15) is 34.6 Å². The number of nitrogens with one attached hydrogen (secondary N) is 2. The first-order chi connectivity index (χ1) is 12.5. The largest absolute Gasteiger partial charge is 0.354 e. The number of rotatable bonds is 11. The van der Waals surface area contributed by atoms with E-state index in [-0.39, 0.29) is 32.2 Å². The molecule has 0 fully saturated rings. The first-order valence-corrected chi connectivity index (χ1v) is 11.9. The van der Waals surface area contributed by atoms with Crippen molar-refractivity contribution in [1.82, 2.24) is 15.5 Å². The Balaban J connectivity index is 0. The molecule has 0 bridgehead atoms. The Labute approximate surface area is 167 Å². The van der Waals surface area contributed by atoms with E-state index in [2.05, 4.69) is 31.4 Å². The zero-order chi connectivity index (χ0) is 22.5. The average molecular weight is 448 g/mol. The summed E-state index contributed by atoms with van der Waals surface area (Å²) < 4.78 is 59.3. The quantitative estimate of drug-likeness (QED) is 0.301. The second-order valence-electron chi connectivity index (χ2n) is 7.00. The van der Waals surface area contributed by atoms with Gasteiger partial charge in [-0.05, 0) is 19.8 Å². The van der Waals surface area contributed by atoms with Crippen LogP contribution in [0.4, 0.5) is 0 Å². The topological polar surface area (TPSA) is 170 Å². The van der Waals surface area contributed by atoms with E-state index in [1.54, 1.807) is 13.8 Å². The molecule has 0 heterocycles. The highest BCUT2D eigenvalue weighted by Crippen LogP contribution is 1.97. The lowest BCUT2D eigenvalue weighted by Crippen LogP contribution is -2.46. The fourth-order valence-electron chi connectivity index (χ4n) is 1.54. The molecule has 0 atom stereocenters. The molecule has 28 heavy (non-hydrogen) atoms. The molecule has 13 heteroatoms. The van der Waals surface area contributed by atoms with Crippen LogP contribution < -0.4 is 10.6 Å². The fraction of sp³-hybridized carbons (Fsp3) is 0.867. The molecule has 11 nitrogen and oxygen atoms in total. The Morgan fingerprint density at radius 3 is 1.29 bits per heavy atom. The molecule has 4 N–H and O–H groups in total. The standard InChI is InChI=1S/C11H23N3O8S2.C4H10/c1-9(2)14(7-10(15)12-3-5-23(17,18)19)8-11(16)13-4-6-24(20,21)22;1-4(2)3/h9H,3-8H2,1-2H3,(H,12,15)(H,13,16)(H,17,18,19)(H,20,21,22);4H,1-3H3. The van der Waals surface area contributed by atoms with Gasteiger partial charge in [0, 0.05) is 19.1 Å². The molecule has 0 saturated heterocycles. The summed E-state index contributed by atoms with van der Waals surface area (Å²) in [7, 11) is -8.34. The van der Waals surface area contributed by atoms with Crippen molar-refractivity contribution in [3.05, 3.63) is 0 Å². The van der Waals surface area contributed by atoms with E-state index in [0.717, 1.165) is 5.92 Å². The number of hydrogen-bond acceptors (Lipinski definition) is 7. The summed E-state index contributed by atoms with van der Waals surface area (Å²) >= 11 is 0. The van der Waals surface area contributed by atoms with E-state index < -0.39 is 43.6 Å². The van der Waals surface area contributed by atoms with E-state index in [4.69, 9.17) is 9.11 Å². The average Bonchev–Trinajstić information content (AvgIpc) is 2.42. The Kier molecular flexibility index (Phi) is 14.3. The third kappa shape index (κ3) is 22.8. The smallest absolute Gasteiger partial charge is 0.266 e. The Morgan fingerprint density at radius 2 is 1.07 bits per heavy atom. The van der Waals surface area contributed by atoms with Gasteiger partial charge < -0.3 is 10.6 Å². The van der Waals surface area contributed by atoms with Crippen molar-refractivity contribution in [3.8, 4) is 0 Å². The maximum Gasteiger partial charge on any atom is 0.266 e. The lowest BCUT2D eigenvalue weighted by molar-refractivity contribution is -0.125. The Morgan fingerprint density at radius 1 is 0.786 bits per heavy atom. The number of carbonyl (C=O) groups excluding carboxylic acids is 2. The molecule has 0 unspecified atom stereocenters. The van der Waals surface area contributed by atoms with Gasteiger partial charge in [0.1, 0.15) is 0 Å². The summed E-state index contributed by atoms with van der Waals surface area (Å²) in [5.74, 6) is -1.45. The van der Waals surface area contributed by atoms with Crippen LogP contribution in [0.25, 0.3) is 0 Å². The summed E-state index contributed by atoms with van der Waals surface area (Å²) in [6, 6.07) is -0.190. The van der Waals surface area contributed by atoms with E-state index in [1.165, 1.54) is 4.90 Å². The van der Waals surface area contributed by atoms with Crippen molar-refractivity contribution < 1.29 is 35.5 Å². The predicted octanol–water partition coefficient (Wildman–Crippen LogP) is -0.633. The van der Waals surface area contributed by atoms with Gasteiger partial charge in [-0.3, -0.25) is 23.6 Å². The normalized spacial score (nSPS) is 11.9. The highest BCUT2D eigenvalue weighted by molar-refractivity contribution is 7.86. The van der Waals surface area contributed by atoms with Gasteiger partial charge in [0.05, 0.1) is 24.6 Å². The molecular formula is C15H33N3O8S2. The second-order valence-corrected chi connectivity index (χ2v) is 10.1. The SMILES string of the molecule is CC(C)C.CC(C)N(CC(=O)NCCS(=O)(=O)O)CC(=O)NCCS(=O)(=O)O. The summed E-state index contributed by atoms with van der Waals surface area (Å²) in [4.78, 5) is 24.9. The number of carbonyl (C=O) groups is 2. The van der Waals surface area contributed by atoms with Crippen LogP contribution in [0.15, 0.2) is 0 Å². The molecule has 0 rings (SSSR count). The molecule has 0 aromatic rings. The minimum atomic E-state index is -4.17. The molecule has 0 spiro atoms. The predicted molar refractivity (Wildman–Crippen MR) is 106 cm³/mol. The highest BCUT2D eigenvalue weighted by Gasteiger charge is 2.18. The minimum Gasteiger partial charge on any atom is -0.354 e. The Hall–Kier alpha value is -1.28. The molecule has 0 radical (unpaired) electrons. The molecule has 168 valence electrons. The Bertz CT molecular complexity index is 621. The third-order valence-corrected chi connectivity index (χ3v) is 4.23. The van der Waals surface area contributed by atoms with Crippen molar-refractivity contribution in [3.63, 3.8) is 0 Å². The lowest BCUT2D eigenvalue weighted by Gasteiger charge is -2.25. The van der Waals surface area contributed by atoms with Crippen LogP contribution in [0.2, 0.25) is 0 Å². The van der Waals surface area contributed by atoms with Crippen molar-refractivity contribution >= 4 is 32.1 Å². The number of hydrogen-bond donors (Lipinski definition) is 4. The van der Waals surface area contributed by atoms with Crippen molar-refractivity contribution in [2.45, 2.75) is 40.7 Å². The number of amides is 2. The zero-order valence-corrected chi connectivity index (χ0v) is 18.6. The lowest BCUT2D eigenvalue weighted by atomic mass is 10.3. The van der Waals surface area contributed by atoms with Gasteiger partial charge >= 0.3 is 0 Å². The van der Waals surface area contributed by atoms with Crippen LogP contribution >= 0.6 is 0 Å². The van der Waals surface area contributed by atoms with E-state index in [0.29, 0.717) is 0 Å². The molecular weight excluding hydrogens is 414 g/mol. The molecule has 0 aromatic heterocycles. The van der Waals surface area contributed by atoms with Gasteiger partial charge in [-0.2, -0.15) is 16.8 Å². The maximum atomic E-state index is 11.7. The molecule has 0 aliphatic heterocycles. The van der Waals surface area contributed by atoms with Crippen LogP contribution in [0.3, 0.4) is 0 Å². The first-order valence-electron chi connectivity index (χ1n) is 8.71. The van der Waals surface area contributed by atoms with Gasteiger partial charge in [0.15, 0.2) is 0 Å². The fourth-order valence-corrected chi connectivity index (χ4v) is 2.26. The minimum absolute atomic E-state index is 0.186. The van der Waals surface area contributed by atoms with E-state index >= 15 is 0 Å². The number of nitrogens with zero attached hydrogens (tertiary/aromatic N) is 1. The molecule has 0 saturated carbocycles. The van der Waals surface area contributed by atoms with Gasteiger partial charge in [0.2, 0.25) is 11.8 Å². The van der Waals surface area contributed by atoms with Crippen LogP contribution in [0.5, 0.6) is 0 Å². The van der Waals surface area contributed by atoms with E-state index in [9.17, 15) is 26.4 Å². The molecule has 0 aliphatic rings. The summed E-state index contributed by atoms with van der Waals surface area (Å²) in [5.41, 5.74) is 0. The maximum absolute atomic E-state index is 11.7. The van der Waals surface area contributed by atoms with Crippen molar-refractivity contribution in [2.24, 2.45) is 5.92 Å². The highest BCUT2D eigenvalue weighted by atomic mass is 32.2. The monoisotopic (exact) mass is 447 g/mol. The zero-order valence-electron chi connectivity index (χ0n) is 17.0. The second kappa shape index (κ2) is 13.8. The molecule has 0 aromatic carbocycles. The van der Waals surface area contributed by atoms with E-state index in [1.807, 2.05) is 0 Å².